The van der Waals surface area contributed by atoms with Gasteiger partial charge in [0.15, 0.2) is 6.10 Å². The van der Waals surface area contributed by atoms with Gasteiger partial charge < -0.3 is 15.8 Å². The Labute approximate surface area is 135 Å². The van der Waals surface area contributed by atoms with Crippen molar-refractivity contribution in [3.05, 3.63) is 59.2 Å². The van der Waals surface area contributed by atoms with Gasteiger partial charge in [-0.25, -0.2) is 0 Å². The molecule has 1 atom stereocenters. The molecule has 0 heterocycles. The minimum absolute atomic E-state index is 0.249. The number of rotatable bonds is 5. The van der Waals surface area contributed by atoms with Gasteiger partial charge in [0.05, 0.1) is 5.56 Å². The third kappa shape index (κ3) is 4.10. The van der Waals surface area contributed by atoms with Crippen molar-refractivity contribution in [2.24, 2.45) is 5.73 Å². The minimum Gasteiger partial charge on any atom is -0.480 e. The molecule has 5 heteroatoms. The van der Waals surface area contributed by atoms with Crippen LogP contribution in [0.25, 0.3) is 0 Å². The summed E-state index contributed by atoms with van der Waals surface area (Å²) in [5, 5.41) is 2.84. The Bertz CT molecular complexity index is 741. The molecule has 0 saturated heterocycles. The first kappa shape index (κ1) is 16.5. The largest absolute Gasteiger partial charge is 0.480 e. The Morgan fingerprint density at radius 2 is 1.83 bits per heavy atom. The molecule has 0 aliphatic carbocycles. The zero-order valence-electron chi connectivity index (χ0n) is 13.4. The summed E-state index contributed by atoms with van der Waals surface area (Å²) >= 11 is 0. The molecule has 2 amide bonds. The predicted molar refractivity (Wildman–Crippen MR) is 89.6 cm³/mol. The van der Waals surface area contributed by atoms with Gasteiger partial charge in [0.1, 0.15) is 5.75 Å². The molecule has 0 fully saturated rings. The van der Waals surface area contributed by atoms with E-state index >= 15 is 0 Å². The van der Waals surface area contributed by atoms with E-state index in [0.717, 1.165) is 16.8 Å². The highest BCUT2D eigenvalue weighted by atomic mass is 16.5. The number of nitrogens with two attached hydrogens (primary N) is 1. The van der Waals surface area contributed by atoms with Crippen molar-refractivity contribution >= 4 is 17.5 Å². The highest BCUT2D eigenvalue weighted by Gasteiger charge is 2.18. The molecule has 0 radical (unpaired) electrons. The number of primary amides is 1. The van der Waals surface area contributed by atoms with Crippen LogP contribution in [0.4, 0.5) is 5.69 Å². The van der Waals surface area contributed by atoms with Crippen LogP contribution in [0.15, 0.2) is 42.5 Å². The summed E-state index contributed by atoms with van der Waals surface area (Å²) in [6.45, 7) is 5.50. The van der Waals surface area contributed by atoms with E-state index in [1.807, 2.05) is 32.0 Å². The number of carbonyl (C=O) groups excluding carboxylic acids is 2. The fourth-order valence-corrected chi connectivity index (χ4v) is 2.12. The molecule has 2 rings (SSSR count). The molecule has 0 spiro atoms. The normalized spacial score (nSPS) is 11.6. The first-order valence-corrected chi connectivity index (χ1v) is 7.32. The maximum absolute atomic E-state index is 12.3. The Balaban J connectivity index is 2.12. The van der Waals surface area contributed by atoms with Gasteiger partial charge in [0.25, 0.3) is 11.8 Å². The number of carbonyl (C=O) groups is 2. The van der Waals surface area contributed by atoms with E-state index in [9.17, 15) is 9.59 Å². The van der Waals surface area contributed by atoms with Gasteiger partial charge in [-0.05, 0) is 50.1 Å². The summed E-state index contributed by atoms with van der Waals surface area (Å²) in [5.41, 5.74) is 8.32. The van der Waals surface area contributed by atoms with E-state index in [0.29, 0.717) is 5.75 Å². The number of anilines is 1. The number of hydrogen-bond donors (Lipinski definition) is 2. The molecule has 0 saturated carbocycles. The number of para-hydroxylation sites is 1. The van der Waals surface area contributed by atoms with E-state index in [2.05, 4.69) is 5.32 Å². The van der Waals surface area contributed by atoms with Crippen LogP contribution in [0, 0.1) is 13.8 Å². The maximum Gasteiger partial charge on any atom is 0.265 e. The van der Waals surface area contributed by atoms with Gasteiger partial charge >= 0.3 is 0 Å². The average molecular weight is 312 g/mol. The molecule has 1 unspecified atom stereocenters. The zero-order chi connectivity index (χ0) is 17.0. The second kappa shape index (κ2) is 6.96. The lowest BCUT2D eigenvalue weighted by atomic mass is 10.1. The lowest BCUT2D eigenvalue weighted by molar-refractivity contribution is -0.122. The van der Waals surface area contributed by atoms with Gasteiger partial charge in [-0.2, -0.15) is 0 Å². The maximum atomic E-state index is 12.3. The molecule has 120 valence electrons. The van der Waals surface area contributed by atoms with Crippen LogP contribution in [0.3, 0.4) is 0 Å². The van der Waals surface area contributed by atoms with E-state index in [4.69, 9.17) is 10.5 Å². The average Bonchev–Trinajstić information content (AvgIpc) is 2.51. The Morgan fingerprint density at radius 1 is 1.13 bits per heavy atom. The highest BCUT2D eigenvalue weighted by Crippen LogP contribution is 2.20. The molecule has 2 aromatic rings. The van der Waals surface area contributed by atoms with Crippen molar-refractivity contribution in [1.29, 1.82) is 0 Å². The molecule has 0 aliphatic heterocycles. The Morgan fingerprint density at radius 3 is 2.52 bits per heavy atom. The second-order valence-electron chi connectivity index (χ2n) is 5.43. The molecule has 3 N–H and O–H groups in total. The molecule has 5 nitrogen and oxygen atoms in total. The van der Waals surface area contributed by atoms with E-state index in [-0.39, 0.29) is 11.5 Å². The fraction of sp³-hybridized carbons (Fsp3) is 0.222. The van der Waals surface area contributed by atoms with Crippen LogP contribution in [0.5, 0.6) is 5.75 Å². The summed E-state index contributed by atoms with van der Waals surface area (Å²) in [7, 11) is 0. The molecule has 0 bridgehead atoms. The zero-order valence-corrected chi connectivity index (χ0v) is 13.4. The van der Waals surface area contributed by atoms with Crippen LogP contribution in [-0.2, 0) is 4.79 Å². The molecule has 0 aliphatic rings. The summed E-state index contributed by atoms with van der Waals surface area (Å²) in [6, 6.07) is 12.4. The quantitative estimate of drug-likeness (QED) is 0.890. The van der Waals surface area contributed by atoms with Crippen molar-refractivity contribution in [3.8, 4) is 5.75 Å². The van der Waals surface area contributed by atoms with Crippen molar-refractivity contribution in [3.63, 3.8) is 0 Å². The third-order valence-corrected chi connectivity index (χ3v) is 3.48. The SMILES string of the molecule is Cc1ccc(C)c(NC(=O)C(C)Oc2ccccc2C(N)=O)c1. The Hall–Kier alpha value is -2.82. The van der Waals surface area contributed by atoms with Crippen molar-refractivity contribution in [1.82, 2.24) is 0 Å². The summed E-state index contributed by atoms with van der Waals surface area (Å²) < 4.78 is 5.60. The summed E-state index contributed by atoms with van der Waals surface area (Å²) in [5.74, 6) is -0.593. The first-order chi connectivity index (χ1) is 10.9. The molecule has 0 aromatic heterocycles. The van der Waals surface area contributed by atoms with Crippen LogP contribution >= 0.6 is 0 Å². The van der Waals surface area contributed by atoms with Gasteiger partial charge in [0, 0.05) is 5.69 Å². The van der Waals surface area contributed by atoms with E-state index in [1.54, 1.807) is 31.2 Å². The van der Waals surface area contributed by atoms with Gasteiger partial charge in [-0.1, -0.05) is 24.3 Å². The topological polar surface area (TPSA) is 81.4 Å². The molecule has 2 aromatic carbocycles. The van der Waals surface area contributed by atoms with E-state index in [1.165, 1.54) is 0 Å². The van der Waals surface area contributed by atoms with Crippen molar-refractivity contribution in [2.45, 2.75) is 26.9 Å². The number of benzene rings is 2. The fourth-order valence-electron chi connectivity index (χ4n) is 2.12. The minimum atomic E-state index is -0.768. The van der Waals surface area contributed by atoms with Crippen molar-refractivity contribution < 1.29 is 14.3 Å². The monoisotopic (exact) mass is 312 g/mol. The van der Waals surface area contributed by atoms with Crippen LogP contribution in [0.1, 0.15) is 28.4 Å². The van der Waals surface area contributed by atoms with Crippen molar-refractivity contribution in [2.75, 3.05) is 5.32 Å². The molecular formula is C18H20N2O3. The van der Waals surface area contributed by atoms with Gasteiger partial charge in [-0.3, -0.25) is 9.59 Å². The number of nitrogens with one attached hydrogen (secondary N) is 1. The van der Waals surface area contributed by atoms with Crippen LogP contribution in [-0.4, -0.2) is 17.9 Å². The summed E-state index contributed by atoms with van der Waals surface area (Å²) in [6.07, 6.45) is -0.768. The highest BCUT2D eigenvalue weighted by molar-refractivity contribution is 5.97. The van der Waals surface area contributed by atoms with Gasteiger partial charge in [-0.15, -0.1) is 0 Å². The van der Waals surface area contributed by atoms with Crippen LogP contribution < -0.4 is 15.8 Å². The lowest BCUT2D eigenvalue weighted by Gasteiger charge is -2.17. The number of ether oxygens (including phenoxy) is 1. The Kier molecular flexibility index (Phi) is 5.01. The smallest absolute Gasteiger partial charge is 0.265 e. The standard InChI is InChI=1S/C18H20N2O3/c1-11-8-9-12(2)15(10-11)20-18(22)13(3)23-16-7-5-4-6-14(16)17(19)21/h4-10,13H,1-3H3,(H2,19,21)(H,20,22). The number of hydrogen-bond acceptors (Lipinski definition) is 3. The second-order valence-corrected chi connectivity index (χ2v) is 5.43. The first-order valence-electron chi connectivity index (χ1n) is 7.32. The number of aryl methyl sites for hydroxylation is 2. The lowest BCUT2D eigenvalue weighted by Crippen LogP contribution is -2.31. The van der Waals surface area contributed by atoms with E-state index < -0.39 is 12.0 Å². The summed E-state index contributed by atoms with van der Waals surface area (Å²) in [4.78, 5) is 23.7. The molecule has 23 heavy (non-hydrogen) atoms. The van der Waals surface area contributed by atoms with Gasteiger partial charge in [0.2, 0.25) is 0 Å². The number of amides is 2. The molecular weight excluding hydrogens is 292 g/mol. The van der Waals surface area contributed by atoms with Crippen LogP contribution in [0.2, 0.25) is 0 Å². The third-order valence-electron chi connectivity index (χ3n) is 3.48. The predicted octanol–water partition coefficient (Wildman–Crippen LogP) is 2.81.